The van der Waals surface area contributed by atoms with Gasteiger partial charge in [-0.2, -0.15) is 13.2 Å². The van der Waals surface area contributed by atoms with Crippen LogP contribution in [0, 0.1) is 5.82 Å². The molecule has 10 heteroatoms. The highest BCUT2D eigenvalue weighted by molar-refractivity contribution is 9.08. The van der Waals surface area contributed by atoms with Crippen LogP contribution >= 0.6 is 15.9 Å². The first kappa shape index (κ1) is 15.0. The van der Waals surface area contributed by atoms with Gasteiger partial charge in [-0.1, -0.05) is 15.9 Å². The molecule has 0 atom stereocenters. The van der Waals surface area contributed by atoms with E-state index in [1.54, 1.807) is 0 Å². The molecule has 1 rings (SSSR count). The summed E-state index contributed by atoms with van der Waals surface area (Å²) in [7, 11) is 0. The van der Waals surface area contributed by atoms with E-state index in [1.807, 2.05) is 0 Å². The number of aromatic nitrogens is 1. The predicted octanol–water partition coefficient (Wildman–Crippen LogP) is 4.03. The largest absolute Gasteiger partial charge is 0.573 e. The van der Waals surface area contributed by atoms with Gasteiger partial charge in [-0.3, -0.25) is 4.98 Å². The Morgan fingerprint density at radius 3 is 2.11 bits per heavy atom. The van der Waals surface area contributed by atoms with Gasteiger partial charge in [-0.25, -0.2) is 4.39 Å². The summed E-state index contributed by atoms with van der Waals surface area (Å²) in [6, 6.07) is 0. The molecule has 102 valence electrons. The van der Waals surface area contributed by atoms with E-state index in [2.05, 4.69) is 25.7 Å². The van der Waals surface area contributed by atoms with Gasteiger partial charge in [0.15, 0.2) is 11.6 Å². The second kappa shape index (κ2) is 4.90. The van der Waals surface area contributed by atoms with Gasteiger partial charge in [0.05, 0.1) is 11.9 Å². The molecule has 0 aliphatic heterocycles. The molecule has 0 bridgehead atoms. The van der Waals surface area contributed by atoms with Crippen molar-refractivity contribution in [3.8, 4) is 5.75 Å². The van der Waals surface area contributed by atoms with E-state index in [0.29, 0.717) is 0 Å². The van der Waals surface area contributed by atoms with E-state index in [4.69, 9.17) is 0 Å². The Hall–Kier alpha value is -1.06. The van der Waals surface area contributed by atoms with Crippen LogP contribution in [0.15, 0.2) is 6.20 Å². The molecule has 0 fully saturated rings. The second-order valence-electron chi connectivity index (χ2n) is 2.94. The maximum atomic E-state index is 13.0. The van der Waals surface area contributed by atoms with E-state index in [9.17, 15) is 30.7 Å². The van der Waals surface area contributed by atoms with Crippen molar-refractivity contribution < 1.29 is 35.5 Å². The molecule has 0 aromatic carbocycles. The lowest BCUT2D eigenvalue weighted by atomic mass is 10.2. The minimum absolute atomic E-state index is 0.183. The molecule has 1 aromatic rings. The number of nitrogens with zero attached hydrogens (tertiary/aromatic N) is 1. The molecule has 1 heterocycles. The van der Waals surface area contributed by atoms with Gasteiger partial charge in [0, 0.05) is 5.33 Å². The van der Waals surface area contributed by atoms with E-state index < -0.39 is 40.7 Å². The van der Waals surface area contributed by atoms with Crippen LogP contribution in [0.1, 0.15) is 11.3 Å². The summed E-state index contributed by atoms with van der Waals surface area (Å²) in [4.78, 5) is 3.11. The average molecular weight is 342 g/mol. The lowest BCUT2D eigenvalue weighted by Gasteiger charge is -2.17. The highest BCUT2D eigenvalue weighted by Gasteiger charge is 2.43. The van der Waals surface area contributed by atoms with Crippen molar-refractivity contribution in [2.75, 3.05) is 0 Å². The number of rotatable bonds is 2. The third-order valence-corrected chi connectivity index (χ3v) is 2.22. The van der Waals surface area contributed by atoms with Crippen LogP contribution in [0.5, 0.6) is 5.75 Å². The van der Waals surface area contributed by atoms with E-state index in [0.717, 1.165) is 0 Å². The smallest absolute Gasteiger partial charge is 0.403 e. The molecule has 0 saturated carbocycles. The molecule has 0 amide bonds. The zero-order valence-corrected chi connectivity index (χ0v) is 9.75. The highest BCUT2D eigenvalue weighted by Crippen LogP contribution is 2.41. The molecule has 0 radical (unpaired) electrons. The number of hydrogen-bond acceptors (Lipinski definition) is 2. The van der Waals surface area contributed by atoms with Crippen molar-refractivity contribution in [3.05, 3.63) is 23.3 Å². The molecule has 0 N–H and O–H groups in total. The Balaban J connectivity index is 3.47. The van der Waals surface area contributed by atoms with Crippen LogP contribution in [0.2, 0.25) is 0 Å². The molecule has 0 spiro atoms. The molecule has 0 aliphatic carbocycles. The number of ether oxygens (including phenoxy) is 1. The van der Waals surface area contributed by atoms with Crippen molar-refractivity contribution in [3.63, 3.8) is 0 Å². The molecule has 0 saturated heterocycles. The summed E-state index contributed by atoms with van der Waals surface area (Å²) in [5.41, 5.74) is -2.84. The first-order chi connectivity index (χ1) is 8.06. The number of pyridine rings is 1. The third-order valence-electron chi connectivity index (χ3n) is 1.69. The Labute approximate surface area is 104 Å². The number of hydrogen-bond donors (Lipinski definition) is 0. The van der Waals surface area contributed by atoms with Gasteiger partial charge >= 0.3 is 12.5 Å². The van der Waals surface area contributed by atoms with Crippen LogP contribution < -0.4 is 4.74 Å². The minimum atomic E-state index is -5.38. The quantitative estimate of drug-likeness (QED) is 0.598. The van der Waals surface area contributed by atoms with Crippen molar-refractivity contribution in [1.29, 1.82) is 0 Å². The summed E-state index contributed by atoms with van der Waals surface area (Å²) >= 11 is 2.64. The minimum Gasteiger partial charge on any atom is -0.403 e. The van der Waals surface area contributed by atoms with Gasteiger partial charge in [0.1, 0.15) is 5.56 Å². The van der Waals surface area contributed by atoms with Crippen molar-refractivity contribution in [1.82, 2.24) is 4.98 Å². The van der Waals surface area contributed by atoms with Gasteiger partial charge in [-0.15, -0.1) is 13.2 Å². The van der Waals surface area contributed by atoms with Gasteiger partial charge in [0.25, 0.3) is 0 Å². The van der Waals surface area contributed by atoms with E-state index in [-0.39, 0.29) is 6.20 Å². The highest BCUT2D eigenvalue weighted by atomic mass is 79.9. The molecular formula is C8H3BrF7NO. The zero-order valence-electron chi connectivity index (χ0n) is 8.16. The second-order valence-corrected chi connectivity index (χ2v) is 3.50. The normalized spacial score (nSPS) is 12.7. The van der Waals surface area contributed by atoms with E-state index >= 15 is 0 Å². The SMILES string of the molecule is Fc1cnc(CBr)c(OC(F)(F)F)c1C(F)(F)F. The zero-order chi connectivity index (χ0) is 14.1. The predicted molar refractivity (Wildman–Crippen MR) is 48.5 cm³/mol. The molecule has 18 heavy (non-hydrogen) atoms. The summed E-state index contributed by atoms with van der Waals surface area (Å²) in [6.07, 6.45) is -10.5. The fraction of sp³-hybridized carbons (Fsp3) is 0.375. The Kier molecular flexibility index (Phi) is 4.08. The summed E-state index contributed by atoms with van der Waals surface area (Å²) in [5, 5.41) is -0.457. The van der Waals surface area contributed by atoms with Crippen LogP contribution in [-0.4, -0.2) is 11.3 Å². The molecule has 1 aromatic heterocycles. The van der Waals surface area contributed by atoms with Crippen molar-refractivity contribution in [2.24, 2.45) is 0 Å². The molecule has 0 unspecified atom stereocenters. The lowest BCUT2D eigenvalue weighted by Crippen LogP contribution is -2.22. The molecule has 0 aliphatic rings. The first-order valence-corrected chi connectivity index (χ1v) is 5.24. The van der Waals surface area contributed by atoms with Crippen molar-refractivity contribution >= 4 is 15.9 Å². The standard InChI is InChI=1S/C8H3BrF7NO/c9-1-4-6(18-8(14,15)16)5(7(11,12)13)3(10)2-17-4/h2H,1H2. The number of halogens is 8. The third kappa shape index (κ3) is 3.47. The van der Waals surface area contributed by atoms with Crippen LogP contribution in [-0.2, 0) is 11.5 Å². The Morgan fingerprint density at radius 2 is 1.72 bits per heavy atom. The summed E-state index contributed by atoms with van der Waals surface area (Å²) in [5.74, 6) is -3.63. The van der Waals surface area contributed by atoms with Gasteiger partial charge in [-0.05, 0) is 0 Å². The monoisotopic (exact) mass is 341 g/mol. The maximum Gasteiger partial charge on any atom is 0.573 e. The first-order valence-electron chi connectivity index (χ1n) is 4.12. The van der Waals surface area contributed by atoms with Crippen LogP contribution in [0.4, 0.5) is 30.7 Å². The maximum absolute atomic E-state index is 13.0. The fourth-order valence-corrected chi connectivity index (χ4v) is 1.49. The summed E-state index contributed by atoms with van der Waals surface area (Å²) < 4.78 is 89.6. The summed E-state index contributed by atoms with van der Waals surface area (Å²) in [6.45, 7) is 0. The van der Waals surface area contributed by atoms with Gasteiger partial charge < -0.3 is 4.74 Å². The number of alkyl halides is 7. The van der Waals surface area contributed by atoms with Crippen molar-refractivity contribution in [2.45, 2.75) is 17.9 Å². The molecular weight excluding hydrogens is 339 g/mol. The van der Waals surface area contributed by atoms with Crippen LogP contribution in [0.25, 0.3) is 0 Å². The lowest BCUT2D eigenvalue weighted by molar-refractivity contribution is -0.276. The topological polar surface area (TPSA) is 22.1 Å². The van der Waals surface area contributed by atoms with Crippen LogP contribution in [0.3, 0.4) is 0 Å². The Bertz CT molecular complexity index is 442. The fourth-order valence-electron chi connectivity index (χ4n) is 1.10. The Morgan fingerprint density at radius 1 is 1.17 bits per heavy atom. The van der Waals surface area contributed by atoms with Gasteiger partial charge in [0.2, 0.25) is 0 Å². The van der Waals surface area contributed by atoms with E-state index in [1.165, 1.54) is 0 Å². The average Bonchev–Trinajstić information content (AvgIpc) is 2.13. The molecule has 2 nitrogen and oxygen atoms in total.